The topological polar surface area (TPSA) is 104 Å². The van der Waals surface area contributed by atoms with Gasteiger partial charge in [0.2, 0.25) is 0 Å². The second-order valence-corrected chi connectivity index (χ2v) is 8.77. The van der Waals surface area contributed by atoms with Crippen molar-refractivity contribution in [1.82, 2.24) is 20.3 Å². The first-order valence-corrected chi connectivity index (χ1v) is 11.0. The molecule has 3 N–H and O–H groups in total. The van der Waals surface area contributed by atoms with E-state index in [1.165, 1.54) is 32.1 Å². The van der Waals surface area contributed by atoms with Gasteiger partial charge in [-0.05, 0) is 30.5 Å². The van der Waals surface area contributed by atoms with Gasteiger partial charge < -0.3 is 20.5 Å². The van der Waals surface area contributed by atoms with Crippen LogP contribution in [0.3, 0.4) is 0 Å². The number of fused-ring (bicyclic) bond motifs is 1. The Kier molecular flexibility index (Phi) is 5.43. The Morgan fingerprint density at radius 1 is 1.17 bits per heavy atom. The second kappa shape index (κ2) is 8.35. The summed E-state index contributed by atoms with van der Waals surface area (Å²) < 4.78 is 13.9. The summed E-state index contributed by atoms with van der Waals surface area (Å²) in [6.45, 7) is 0.926. The maximum absolute atomic E-state index is 12.6. The predicted octanol–water partition coefficient (Wildman–Crippen LogP) is 2.12. The third-order valence-corrected chi connectivity index (χ3v) is 6.61. The summed E-state index contributed by atoms with van der Waals surface area (Å²) in [5.74, 6) is 0.560. The first-order chi connectivity index (χ1) is 14.7. The number of nitrogens with one attached hydrogen (secondary N) is 1. The minimum absolute atomic E-state index is 0.0168. The van der Waals surface area contributed by atoms with Crippen molar-refractivity contribution < 1.29 is 14.3 Å². The molecule has 1 amide bonds. The summed E-state index contributed by atoms with van der Waals surface area (Å²) in [6, 6.07) is 6.74. The van der Waals surface area contributed by atoms with Crippen molar-refractivity contribution in [3.8, 4) is 0 Å². The molecule has 3 fully saturated rings. The van der Waals surface area contributed by atoms with Gasteiger partial charge in [0.1, 0.15) is 18.2 Å². The molecule has 1 aromatic carbocycles. The van der Waals surface area contributed by atoms with E-state index in [1.54, 1.807) is 24.3 Å². The molecular formula is C22H29N5O3. The van der Waals surface area contributed by atoms with Crippen molar-refractivity contribution in [3.63, 3.8) is 0 Å². The Balaban J connectivity index is 1.21. The van der Waals surface area contributed by atoms with Gasteiger partial charge in [-0.15, -0.1) is 5.10 Å². The second-order valence-electron chi connectivity index (χ2n) is 8.77. The molecule has 3 heterocycles. The molecule has 2 aromatic rings. The summed E-state index contributed by atoms with van der Waals surface area (Å²) in [5.41, 5.74) is 7.94. The van der Waals surface area contributed by atoms with Gasteiger partial charge in [0.05, 0.1) is 24.9 Å². The number of anilines is 1. The number of hydrogen-bond donors (Lipinski definition) is 2. The molecule has 2 saturated heterocycles. The van der Waals surface area contributed by atoms with Crippen LogP contribution in [0.1, 0.15) is 54.2 Å². The molecule has 0 radical (unpaired) electrons. The van der Waals surface area contributed by atoms with Gasteiger partial charge in [-0.3, -0.25) is 4.79 Å². The van der Waals surface area contributed by atoms with Crippen LogP contribution in [0.15, 0.2) is 30.5 Å². The van der Waals surface area contributed by atoms with E-state index in [2.05, 4.69) is 15.6 Å². The van der Waals surface area contributed by atoms with E-state index in [0.717, 1.165) is 18.0 Å². The average Bonchev–Trinajstić information content (AvgIpc) is 3.47. The van der Waals surface area contributed by atoms with Crippen LogP contribution in [0.5, 0.6) is 0 Å². The first-order valence-electron chi connectivity index (χ1n) is 11.0. The average molecular weight is 412 g/mol. The van der Waals surface area contributed by atoms with Gasteiger partial charge >= 0.3 is 0 Å². The molecule has 0 bridgehead atoms. The van der Waals surface area contributed by atoms with Gasteiger partial charge in [0, 0.05) is 17.4 Å². The summed E-state index contributed by atoms with van der Waals surface area (Å²) in [4.78, 5) is 12.6. The van der Waals surface area contributed by atoms with Crippen LogP contribution in [-0.4, -0.2) is 52.4 Å². The quantitative estimate of drug-likeness (QED) is 0.731. The van der Waals surface area contributed by atoms with Crippen molar-refractivity contribution in [2.24, 2.45) is 5.92 Å². The number of nitrogens with two attached hydrogens (primary N) is 1. The van der Waals surface area contributed by atoms with Gasteiger partial charge in [-0.2, -0.15) is 0 Å². The number of hydrogen-bond acceptors (Lipinski definition) is 6. The molecule has 30 heavy (non-hydrogen) atoms. The number of rotatable bonds is 5. The van der Waals surface area contributed by atoms with Gasteiger partial charge in [-0.25, -0.2) is 4.68 Å². The fourth-order valence-electron chi connectivity index (χ4n) is 5.02. The molecule has 8 nitrogen and oxygen atoms in total. The smallest absolute Gasteiger partial charge is 0.251 e. The van der Waals surface area contributed by atoms with Gasteiger partial charge in [0.25, 0.3) is 5.91 Å². The Bertz CT molecular complexity index is 894. The Morgan fingerprint density at radius 3 is 2.83 bits per heavy atom. The largest absolute Gasteiger partial charge is 0.399 e. The van der Waals surface area contributed by atoms with Crippen LogP contribution in [0.25, 0.3) is 0 Å². The number of nitrogens with zero attached hydrogens (tertiary/aromatic N) is 3. The summed E-state index contributed by atoms with van der Waals surface area (Å²) in [5, 5.41) is 11.8. The highest BCUT2D eigenvalue weighted by molar-refractivity contribution is 5.95. The van der Waals surface area contributed by atoms with E-state index < -0.39 is 0 Å². The van der Waals surface area contributed by atoms with E-state index >= 15 is 0 Å². The fraction of sp³-hybridized carbons (Fsp3) is 0.591. The zero-order valence-electron chi connectivity index (χ0n) is 17.1. The molecule has 0 spiro atoms. The van der Waals surface area contributed by atoms with Crippen LogP contribution in [-0.2, 0) is 15.9 Å². The van der Waals surface area contributed by atoms with Gasteiger partial charge in [-0.1, -0.05) is 43.4 Å². The van der Waals surface area contributed by atoms with Crippen molar-refractivity contribution >= 4 is 11.6 Å². The monoisotopic (exact) mass is 411 g/mol. The third-order valence-electron chi connectivity index (χ3n) is 6.61. The highest BCUT2D eigenvalue weighted by atomic mass is 16.6. The molecule has 8 heteroatoms. The van der Waals surface area contributed by atoms with E-state index in [9.17, 15) is 4.79 Å². The Morgan fingerprint density at radius 2 is 2.00 bits per heavy atom. The number of carbonyl (C=O) groups excluding carboxylic acids is 1. The molecule has 4 atom stereocenters. The number of amides is 1. The Labute approximate surface area is 176 Å². The standard InChI is InChI=1S/C22H29N5O3/c23-16-8-4-7-15(10-16)22(28)24-18-12-29-21-19(13-30-20(18)21)27-11-17(25-26-27)9-14-5-2-1-3-6-14/h4,7-8,10-11,14,18-21H,1-3,5-6,9,12-13,23H2,(H,24,28)/t18-,19-,20+,21+/m0/s1. The fourth-order valence-corrected chi connectivity index (χ4v) is 5.02. The maximum Gasteiger partial charge on any atom is 0.251 e. The maximum atomic E-state index is 12.6. The molecule has 160 valence electrons. The molecular weight excluding hydrogens is 382 g/mol. The van der Waals surface area contributed by atoms with Crippen LogP contribution >= 0.6 is 0 Å². The van der Waals surface area contributed by atoms with Gasteiger partial charge in [0.15, 0.2) is 0 Å². The van der Waals surface area contributed by atoms with Crippen molar-refractivity contribution in [2.45, 2.75) is 62.8 Å². The first kappa shape index (κ1) is 19.5. The summed E-state index contributed by atoms with van der Waals surface area (Å²) in [7, 11) is 0. The summed E-state index contributed by atoms with van der Waals surface area (Å²) in [6.07, 6.45) is 9.33. The minimum atomic E-state index is -0.195. The molecule has 1 aliphatic carbocycles. The zero-order chi connectivity index (χ0) is 20.5. The lowest BCUT2D eigenvalue weighted by atomic mass is 9.86. The summed E-state index contributed by atoms with van der Waals surface area (Å²) >= 11 is 0. The van der Waals surface area contributed by atoms with E-state index in [4.69, 9.17) is 15.2 Å². The third kappa shape index (κ3) is 3.94. The highest BCUT2D eigenvalue weighted by Gasteiger charge is 2.49. The van der Waals surface area contributed by atoms with Crippen molar-refractivity contribution in [1.29, 1.82) is 0 Å². The van der Waals surface area contributed by atoms with Crippen LogP contribution in [0.4, 0.5) is 5.69 Å². The number of carbonyl (C=O) groups is 1. The lowest BCUT2D eigenvalue weighted by Gasteiger charge is -2.20. The van der Waals surface area contributed by atoms with Crippen LogP contribution in [0, 0.1) is 5.92 Å². The van der Waals surface area contributed by atoms with Crippen LogP contribution in [0.2, 0.25) is 0 Å². The molecule has 1 saturated carbocycles. The number of benzene rings is 1. The number of aromatic nitrogens is 3. The SMILES string of the molecule is Nc1cccc(C(=O)N[C@H]2CO[C@H]3[C@@H]2OC[C@@H]3n2cc(CC3CCCCC3)nn2)c1. The van der Waals surface area contributed by atoms with E-state index in [1.807, 2.05) is 10.9 Å². The molecule has 1 aromatic heterocycles. The highest BCUT2D eigenvalue weighted by Crippen LogP contribution is 2.34. The van der Waals surface area contributed by atoms with E-state index in [0.29, 0.717) is 24.5 Å². The zero-order valence-corrected chi connectivity index (χ0v) is 17.1. The number of ether oxygens (including phenoxy) is 2. The number of nitrogen functional groups attached to an aromatic ring is 1. The lowest BCUT2D eigenvalue weighted by Crippen LogP contribution is -2.44. The molecule has 0 unspecified atom stereocenters. The van der Waals surface area contributed by atoms with Crippen LogP contribution < -0.4 is 11.1 Å². The molecule has 2 aliphatic heterocycles. The van der Waals surface area contributed by atoms with Crippen molar-refractivity contribution in [3.05, 3.63) is 41.7 Å². The minimum Gasteiger partial charge on any atom is -0.399 e. The van der Waals surface area contributed by atoms with Crippen molar-refractivity contribution in [2.75, 3.05) is 18.9 Å². The lowest BCUT2D eigenvalue weighted by molar-refractivity contribution is 0.0613. The normalized spacial score (nSPS) is 29.1. The molecule has 3 aliphatic rings. The predicted molar refractivity (Wildman–Crippen MR) is 111 cm³/mol. The van der Waals surface area contributed by atoms with E-state index in [-0.39, 0.29) is 30.2 Å². The molecule has 5 rings (SSSR count). The Hall–Kier alpha value is -2.45.